The number of aryl methyl sites for hydroxylation is 1. The van der Waals surface area contributed by atoms with E-state index >= 15 is 0 Å². The second-order valence-corrected chi connectivity index (χ2v) is 9.69. The molecule has 1 aromatic heterocycles. The van der Waals surface area contributed by atoms with Crippen molar-refractivity contribution in [2.24, 2.45) is 5.92 Å². The molecule has 172 valence electrons. The van der Waals surface area contributed by atoms with Crippen LogP contribution in [0.3, 0.4) is 0 Å². The van der Waals surface area contributed by atoms with Crippen molar-refractivity contribution in [1.82, 2.24) is 19.2 Å². The van der Waals surface area contributed by atoms with E-state index in [1.54, 1.807) is 19.2 Å². The number of rotatable bonds is 9. The Morgan fingerprint density at radius 3 is 2.41 bits per heavy atom. The van der Waals surface area contributed by atoms with Gasteiger partial charge in [0.1, 0.15) is 17.6 Å². The minimum Gasteiger partial charge on any atom is -0.497 e. The molecular weight excluding hydrogens is 428 g/mol. The number of nitrogens with zero attached hydrogens (tertiary/aromatic N) is 3. The summed E-state index contributed by atoms with van der Waals surface area (Å²) < 4.78 is 35.5. The summed E-state index contributed by atoms with van der Waals surface area (Å²) in [4.78, 5) is 19.5. The first kappa shape index (κ1) is 23.7. The van der Waals surface area contributed by atoms with Crippen LogP contribution in [0.5, 0.6) is 5.75 Å². The Kier molecular flexibility index (Phi) is 7.20. The van der Waals surface area contributed by atoms with E-state index in [4.69, 9.17) is 4.74 Å². The third-order valence-electron chi connectivity index (χ3n) is 5.39. The molecule has 8 nitrogen and oxygen atoms in total. The van der Waals surface area contributed by atoms with E-state index in [1.165, 1.54) is 24.1 Å². The molecule has 0 fully saturated rings. The SMILES string of the molecule is CCn1c(CN(C)C(=O)[C@@H](NS(=O)(=O)c2ccc(OC)cc2)C(C)C)nc2ccccc21. The molecular formula is C23H30N4O4S. The van der Waals surface area contributed by atoms with Crippen molar-refractivity contribution in [3.63, 3.8) is 0 Å². The molecule has 1 amide bonds. The van der Waals surface area contributed by atoms with E-state index in [-0.39, 0.29) is 23.3 Å². The zero-order valence-electron chi connectivity index (χ0n) is 19.1. The van der Waals surface area contributed by atoms with E-state index in [1.807, 2.05) is 45.0 Å². The number of hydrogen-bond acceptors (Lipinski definition) is 5. The molecule has 3 aromatic rings. The van der Waals surface area contributed by atoms with Gasteiger partial charge in [0.2, 0.25) is 15.9 Å². The molecule has 1 heterocycles. The summed E-state index contributed by atoms with van der Waals surface area (Å²) in [6, 6.07) is 13.0. The smallest absolute Gasteiger partial charge is 0.241 e. The number of hydrogen-bond donors (Lipinski definition) is 1. The maximum Gasteiger partial charge on any atom is 0.241 e. The summed E-state index contributed by atoms with van der Waals surface area (Å²) in [5.74, 6) is 0.749. The third kappa shape index (κ3) is 4.94. The average molecular weight is 459 g/mol. The van der Waals surface area contributed by atoms with Crippen molar-refractivity contribution in [2.45, 2.75) is 44.8 Å². The molecule has 1 atom stereocenters. The number of amides is 1. The summed E-state index contributed by atoms with van der Waals surface area (Å²) in [6.45, 7) is 6.65. The topological polar surface area (TPSA) is 93.5 Å². The predicted octanol–water partition coefficient (Wildman–Crippen LogP) is 3.03. The average Bonchev–Trinajstić information content (AvgIpc) is 3.13. The number of fused-ring (bicyclic) bond motifs is 1. The lowest BCUT2D eigenvalue weighted by molar-refractivity contribution is -0.133. The molecule has 0 aliphatic rings. The highest BCUT2D eigenvalue weighted by atomic mass is 32.2. The minimum absolute atomic E-state index is 0.0761. The van der Waals surface area contributed by atoms with Crippen LogP contribution >= 0.6 is 0 Å². The van der Waals surface area contributed by atoms with E-state index in [0.717, 1.165) is 23.4 Å². The van der Waals surface area contributed by atoms with Gasteiger partial charge in [-0.15, -0.1) is 0 Å². The molecule has 32 heavy (non-hydrogen) atoms. The van der Waals surface area contributed by atoms with Gasteiger partial charge < -0.3 is 14.2 Å². The molecule has 0 saturated heterocycles. The Morgan fingerprint density at radius 1 is 1.16 bits per heavy atom. The van der Waals surface area contributed by atoms with E-state index in [2.05, 4.69) is 14.3 Å². The van der Waals surface area contributed by atoms with E-state index in [0.29, 0.717) is 5.75 Å². The zero-order chi connectivity index (χ0) is 23.5. The number of para-hydroxylation sites is 2. The van der Waals surface area contributed by atoms with Gasteiger partial charge >= 0.3 is 0 Å². The maximum atomic E-state index is 13.3. The molecule has 0 radical (unpaired) electrons. The van der Waals surface area contributed by atoms with Gasteiger partial charge in [-0.3, -0.25) is 4.79 Å². The van der Waals surface area contributed by atoms with Crippen LogP contribution in [0.25, 0.3) is 11.0 Å². The van der Waals surface area contributed by atoms with Gasteiger partial charge in [0, 0.05) is 13.6 Å². The summed E-state index contributed by atoms with van der Waals surface area (Å²) in [6.07, 6.45) is 0. The second kappa shape index (κ2) is 9.70. The minimum atomic E-state index is -3.89. The molecule has 9 heteroatoms. The fourth-order valence-electron chi connectivity index (χ4n) is 3.59. The highest BCUT2D eigenvalue weighted by Crippen LogP contribution is 2.19. The second-order valence-electron chi connectivity index (χ2n) is 7.97. The molecule has 0 spiro atoms. The van der Waals surface area contributed by atoms with Crippen LogP contribution in [0.4, 0.5) is 0 Å². The molecule has 0 unspecified atom stereocenters. The Morgan fingerprint density at radius 2 is 1.81 bits per heavy atom. The molecule has 3 rings (SSSR count). The summed E-state index contributed by atoms with van der Waals surface area (Å²) in [5.41, 5.74) is 1.87. The molecule has 0 aliphatic heterocycles. The van der Waals surface area contributed by atoms with Gasteiger partial charge in [0.05, 0.1) is 29.6 Å². The van der Waals surface area contributed by atoms with E-state index < -0.39 is 16.1 Å². The van der Waals surface area contributed by atoms with Crippen LogP contribution in [0.1, 0.15) is 26.6 Å². The molecule has 1 N–H and O–H groups in total. The van der Waals surface area contributed by atoms with Crippen LogP contribution in [0, 0.1) is 5.92 Å². The summed E-state index contributed by atoms with van der Waals surface area (Å²) in [5, 5.41) is 0. The normalized spacial score (nSPS) is 12.8. The van der Waals surface area contributed by atoms with Crippen molar-refractivity contribution in [1.29, 1.82) is 0 Å². The molecule has 2 aromatic carbocycles. The number of aromatic nitrogens is 2. The fourth-order valence-corrected chi connectivity index (χ4v) is 4.93. The summed E-state index contributed by atoms with van der Waals surface area (Å²) in [7, 11) is -0.711. The zero-order valence-corrected chi connectivity index (χ0v) is 19.9. The van der Waals surface area contributed by atoms with Gasteiger partial charge in [-0.25, -0.2) is 13.4 Å². The first-order valence-electron chi connectivity index (χ1n) is 10.5. The van der Waals surface area contributed by atoms with Crippen LogP contribution in [0.15, 0.2) is 53.4 Å². The third-order valence-corrected chi connectivity index (χ3v) is 6.85. The first-order chi connectivity index (χ1) is 15.2. The largest absolute Gasteiger partial charge is 0.497 e. The number of benzene rings is 2. The number of sulfonamides is 1. The Labute approximate surface area is 189 Å². The molecule has 0 saturated carbocycles. The van der Waals surface area contributed by atoms with Gasteiger partial charge in [0.15, 0.2) is 0 Å². The van der Waals surface area contributed by atoms with Crippen molar-refractivity contribution in [2.75, 3.05) is 14.2 Å². The number of carbonyl (C=O) groups excluding carboxylic acids is 1. The van der Waals surface area contributed by atoms with Crippen LogP contribution < -0.4 is 9.46 Å². The van der Waals surface area contributed by atoms with Crippen molar-refractivity contribution >= 4 is 27.0 Å². The monoisotopic (exact) mass is 458 g/mol. The number of methoxy groups -OCH3 is 1. The van der Waals surface area contributed by atoms with Crippen LogP contribution in [-0.2, 0) is 27.9 Å². The Balaban J connectivity index is 1.81. The van der Waals surface area contributed by atoms with Gasteiger partial charge in [-0.2, -0.15) is 4.72 Å². The van der Waals surface area contributed by atoms with Crippen molar-refractivity contribution in [3.8, 4) is 5.75 Å². The molecule has 0 bridgehead atoms. The van der Waals surface area contributed by atoms with Crippen molar-refractivity contribution in [3.05, 3.63) is 54.4 Å². The lowest BCUT2D eigenvalue weighted by Gasteiger charge is -2.27. The fraction of sp³-hybridized carbons (Fsp3) is 0.391. The van der Waals surface area contributed by atoms with Crippen LogP contribution in [-0.4, -0.2) is 49.0 Å². The highest BCUT2D eigenvalue weighted by Gasteiger charge is 2.31. The predicted molar refractivity (Wildman–Crippen MR) is 124 cm³/mol. The van der Waals surface area contributed by atoms with Gasteiger partial charge in [0.25, 0.3) is 0 Å². The van der Waals surface area contributed by atoms with Crippen molar-refractivity contribution < 1.29 is 17.9 Å². The Hall–Kier alpha value is -2.91. The maximum absolute atomic E-state index is 13.3. The first-order valence-corrected chi connectivity index (χ1v) is 12.0. The number of likely N-dealkylation sites (N-methyl/N-ethyl adjacent to an activating group) is 1. The number of ether oxygens (including phenoxy) is 1. The van der Waals surface area contributed by atoms with Gasteiger partial charge in [-0.05, 0) is 49.2 Å². The quantitative estimate of drug-likeness (QED) is 0.532. The number of imidazole rings is 1. The molecule has 0 aliphatic carbocycles. The van der Waals surface area contributed by atoms with E-state index in [9.17, 15) is 13.2 Å². The highest BCUT2D eigenvalue weighted by molar-refractivity contribution is 7.89. The lowest BCUT2D eigenvalue weighted by Crippen LogP contribution is -2.50. The standard InChI is InChI=1S/C23H30N4O4S/c1-6-27-20-10-8-7-9-19(20)24-21(27)15-26(4)23(28)22(16(2)3)25-32(29,30)18-13-11-17(31-5)12-14-18/h7-14,16,22,25H,6,15H2,1-5H3/t22-/m0/s1. The van der Waals surface area contributed by atoms with Crippen LogP contribution in [0.2, 0.25) is 0 Å². The summed E-state index contributed by atoms with van der Waals surface area (Å²) >= 11 is 0. The lowest BCUT2D eigenvalue weighted by atomic mass is 10.0. The number of carbonyl (C=O) groups is 1. The Bertz CT molecular complexity index is 1190. The van der Waals surface area contributed by atoms with Gasteiger partial charge in [-0.1, -0.05) is 26.0 Å². The number of nitrogens with one attached hydrogen (secondary N) is 1.